The largest absolute Gasteiger partial charge is 0.464 e. The summed E-state index contributed by atoms with van der Waals surface area (Å²) in [7, 11) is 2.80. The summed E-state index contributed by atoms with van der Waals surface area (Å²) in [6.07, 6.45) is 1.17. The Morgan fingerprint density at radius 1 is 1.28 bits per heavy atom. The van der Waals surface area contributed by atoms with Crippen molar-refractivity contribution in [3.8, 4) is 0 Å². The van der Waals surface area contributed by atoms with E-state index in [2.05, 4.69) is 0 Å². The van der Waals surface area contributed by atoms with Crippen LogP contribution in [0.4, 0.5) is 0 Å². The van der Waals surface area contributed by atoms with Crippen molar-refractivity contribution in [2.45, 2.75) is 31.3 Å². The van der Waals surface area contributed by atoms with Crippen molar-refractivity contribution in [1.29, 1.82) is 0 Å². The van der Waals surface area contributed by atoms with Crippen molar-refractivity contribution in [3.63, 3.8) is 0 Å². The molecule has 2 aliphatic heterocycles. The van der Waals surface area contributed by atoms with Crippen LogP contribution in [0.3, 0.4) is 0 Å². The van der Waals surface area contributed by atoms with Gasteiger partial charge in [-0.25, -0.2) is 4.79 Å². The van der Waals surface area contributed by atoms with E-state index in [0.29, 0.717) is 17.9 Å². The van der Waals surface area contributed by atoms with E-state index in [-0.39, 0.29) is 17.9 Å². The Hall–Kier alpha value is -1.92. The molecule has 0 spiro atoms. The van der Waals surface area contributed by atoms with Gasteiger partial charge in [-0.3, -0.25) is 14.5 Å². The number of fused-ring (bicyclic) bond motifs is 1. The fraction of sp³-hybridized carbons (Fsp3) is 0.500. The van der Waals surface area contributed by atoms with E-state index in [9.17, 15) is 14.4 Å². The minimum Gasteiger partial charge on any atom is -0.464 e. The Morgan fingerprint density at radius 3 is 2.48 bits per heavy atom. The second kappa shape index (κ2) is 6.42. The van der Waals surface area contributed by atoms with E-state index < -0.39 is 23.3 Å². The normalized spacial score (nSPS) is 31.4. The zero-order chi connectivity index (χ0) is 18.4. The Bertz CT molecular complexity index is 720. The summed E-state index contributed by atoms with van der Waals surface area (Å²) in [6.45, 7) is 1.95. The number of halogens is 1. The number of hydrogen-bond acceptors (Lipinski definition) is 4. The third kappa shape index (κ3) is 2.55. The zero-order valence-electron chi connectivity index (χ0n) is 14.5. The maximum Gasteiger partial charge on any atom is 0.368 e. The molecule has 2 saturated heterocycles. The highest BCUT2D eigenvalue weighted by Gasteiger charge is 2.71. The lowest BCUT2D eigenvalue weighted by Crippen LogP contribution is -2.98. The van der Waals surface area contributed by atoms with Crippen LogP contribution in [0.2, 0.25) is 5.02 Å². The van der Waals surface area contributed by atoms with E-state index in [0.717, 1.165) is 10.5 Å². The van der Waals surface area contributed by atoms with Gasteiger partial charge < -0.3 is 10.1 Å². The summed E-state index contributed by atoms with van der Waals surface area (Å²) >= 11 is 5.97. The molecule has 0 saturated carbocycles. The second-order valence-electron chi connectivity index (χ2n) is 6.76. The lowest BCUT2D eigenvalue weighted by Gasteiger charge is -2.28. The molecule has 25 heavy (non-hydrogen) atoms. The highest BCUT2D eigenvalue weighted by molar-refractivity contribution is 6.30. The molecule has 1 aromatic rings. The van der Waals surface area contributed by atoms with Crippen LogP contribution in [0, 0.1) is 11.8 Å². The number of ether oxygens (including phenoxy) is 1. The Labute approximate surface area is 151 Å². The Morgan fingerprint density at radius 2 is 1.92 bits per heavy atom. The minimum absolute atomic E-state index is 0.243. The van der Waals surface area contributed by atoms with Crippen LogP contribution in [0.1, 0.15) is 31.4 Å². The van der Waals surface area contributed by atoms with E-state index in [4.69, 9.17) is 16.3 Å². The SMILES string of the molecule is CCC[C@]1(C(=O)OC)[NH2+][C@@H](c2ccc(Cl)cc2)[C@H]2C(=O)N(C)C(=O)[C@H]21. The second-order valence-corrected chi connectivity index (χ2v) is 7.20. The van der Waals surface area contributed by atoms with Gasteiger partial charge in [-0.1, -0.05) is 30.7 Å². The monoisotopic (exact) mass is 365 g/mol. The van der Waals surface area contributed by atoms with Crippen LogP contribution in [0.5, 0.6) is 0 Å². The molecule has 4 atom stereocenters. The summed E-state index contributed by atoms with van der Waals surface area (Å²) in [5.74, 6) is -2.28. The molecule has 2 heterocycles. The molecular weight excluding hydrogens is 344 g/mol. The number of carbonyl (C=O) groups is 3. The molecule has 3 rings (SSSR count). The zero-order valence-corrected chi connectivity index (χ0v) is 15.2. The topological polar surface area (TPSA) is 80.3 Å². The van der Waals surface area contributed by atoms with Gasteiger partial charge >= 0.3 is 5.97 Å². The first kappa shape index (κ1) is 17.9. The fourth-order valence-electron chi connectivity index (χ4n) is 4.39. The van der Waals surface area contributed by atoms with Crippen LogP contribution in [-0.4, -0.2) is 42.4 Å². The Kier molecular flexibility index (Phi) is 4.60. The maximum atomic E-state index is 12.8. The quantitative estimate of drug-likeness (QED) is 0.635. The van der Waals surface area contributed by atoms with Crippen LogP contribution < -0.4 is 5.32 Å². The van der Waals surface area contributed by atoms with Gasteiger partial charge in [0, 0.05) is 24.1 Å². The molecule has 0 bridgehead atoms. The van der Waals surface area contributed by atoms with Crippen LogP contribution >= 0.6 is 11.6 Å². The minimum atomic E-state index is -1.07. The fourth-order valence-corrected chi connectivity index (χ4v) is 4.52. The molecule has 6 nitrogen and oxygen atoms in total. The van der Waals surface area contributed by atoms with Crippen molar-refractivity contribution < 1.29 is 24.4 Å². The van der Waals surface area contributed by atoms with E-state index in [1.807, 2.05) is 24.4 Å². The van der Waals surface area contributed by atoms with Gasteiger partial charge in [0.25, 0.3) is 0 Å². The summed E-state index contributed by atoms with van der Waals surface area (Å²) < 4.78 is 5.05. The number of likely N-dealkylation sites (tertiary alicyclic amines) is 1. The maximum absolute atomic E-state index is 12.8. The van der Waals surface area contributed by atoms with Crippen LogP contribution in [0.15, 0.2) is 24.3 Å². The molecule has 2 fully saturated rings. The summed E-state index contributed by atoms with van der Waals surface area (Å²) in [5, 5.41) is 2.46. The predicted molar refractivity (Wildman–Crippen MR) is 90.5 cm³/mol. The van der Waals surface area contributed by atoms with Crippen LogP contribution in [0.25, 0.3) is 0 Å². The highest BCUT2D eigenvalue weighted by Crippen LogP contribution is 2.45. The predicted octanol–water partition coefficient (Wildman–Crippen LogP) is 0.901. The van der Waals surface area contributed by atoms with Crippen molar-refractivity contribution in [2.24, 2.45) is 11.8 Å². The number of imide groups is 1. The van der Waals surface area contributed by atoms with Gasteiger partial charge in [-0.05, 0) is 18.6 Å². The van der Waals surface area contributed by atoms with Gasteiger partial charge in [0.2, 0.25) is 17.4 Å². The molecule has 0 radical (unpaired) electrons. The van der Waals surface area contributed by atoms with E-state index in [1.165, 1.54) is 14.2 Å². The number of carbonyl (C=O) groups excluding carboxylic acids is 3. The van der Waals surface area contributed by atoms with Crippen molar-refractivity contribution in [2.75, 3.05) is 14.2 Å². The number of benzene rings is 1. The lowest BCUT2D eigenvalue weighted by molar-refractivity contribution is -0.735. The number of hydrogen-bond donors (Lipinski definition) is 1. The van der Waals surface area contributed by atoms with Crippen molar-refractivity contribution in [1.82, 2.24) is 4.90 Å². The molecular formula is C18H22ClN2O4+. The number of methoxy groups -OCH3 is 1. The highest BCUT2D eigenvalue weighted by atomic mass is 35.5. The molecule has 2 aliphatic rings. The van der Waals surface area contributed by atoms with E-state index >= 15 is 0 Å². The average Bonchev–Trinajstić information content (AvgIpc) is 3.06. The number of nitrogens with zero attached hydrogens (tertiary/aromatic N) is 1. The third-order valence-electron chi connectivity index (χ3n) is 5.47. The van der Waals surface area contributed by atoms with Crippen LogP contribution in [-0.2, 0) is 19.1 Å². The van der Waals surface area contributed by atoms with Gasteiger partial charge in [0.05, 0.1) is 7.11 Å². The number of quaternary nitrogens is 1. The van der Waals surface area contributed by atoms with Gasteiger partial charge in [-0.2, -0.15) is 0 Å². The molecule has 134 valence electrons. The smallest absolute Gasteiger partial charge is 0.368 e. The first-order chi connectivity index (χ1) is 11.9. The lowest BCUT2D eigenvalue weighted by atomic mass is 9.77. The Balaban J connectivity index is 2.13. The molecule has 0 unspecified atom stereocenters. The molecule has 1 aromatic carbocycles. The summed E-state index contributed by atoms with van der Waals surface area (Å²) in [5.41, 5.74) is -0.201. The summed E-state index contributed by atoms with van der Waals surface area (Å²) in [6, 6.07) is 6.87. The van der Waals surface area contributed by atoms with Gasteiger partial charge in [0.15, 0.2) is 0 Å². The first-order valence-corrected chi connectivity index (χ1v) is 8.76. The van der Waals surface area contributed by atoms with E-state index in [1.54, 1.807) is 12.1 Å². The van der Waals surface area contributed by atoms with Crippen molar-refractivity contribution in [3.05, 3.63) is 34.9 Å². The molecule has 0 aliphatic carbocycles. The molecule has 2 amide bonds. The number of nitrogens with two attached hydrogens (primary N) is 1. The molecule has 2 N–H and O–H groups in total. The average molecular weight is 366 g/mol. The number of amides is 2. The first-order valence-electron chi connectivity index (χ1n) is 8.38. The van der Waals surface area contributed by atoms with Gasteiger partial charge in [-0.15, -0.1) is 0 Å². The number of rotatable bonds is 4. The molecule has 0 aromatic heterocycles. The third-order valence-corrected chi connectivity index (χ3v) is 5.73. The van der Waals surface area contributed by atoms with Gasteiger partial charge in [0.1, 0.15) is 17.9 Å². The molecule has 7 heteroatoms. The van der Waals surface area contributed by atoms with Crippen molar-refractivity contribution >= 4 is 29.4 Å². The summed E-state index contributed by atoms with van der Waals surface area (Å²) in [4.78, 5) is 39.4. The standard InChI is InChI=1S/C18H21ClN2O4/c1-4-9-18(17(24)25-3)13-12(15(22)21(2)16(13)23)14(20-18)10-5-7-11(19)8-6-10/h5-8,12-14,20H,4,9H2,1-3H3/p+1/t12-,13-,14-,18-/m0/s1. The number of esters is 1.